The second kappa shape index (κ2) is 5.50. The zero-order valence-corrected chi connectivity index (χ0v) is 11.8. The van der Waals surface area contributed by atoms with Gasteiger partial charge in [-0.3, -0.25) is 5.10 Å². The molecule has 0 bridgehead atoms. The third kappa shape index (κ3) is 2.60. The maximum absolute atomic E-state index is 5.69. The Morgan fingerprint density at radius 3 is 3.05 bits per heavy atom. The zero-order valence-electron chi connectivity index (χ0n) is 11.8. The standard InChI is InChI=1S/C14H19N5O/c1-19(2)14-16-12(17-18-14)9-15-8-11-5-3-4-10-6-7-20-13(10)11/h3-5,15H,6-9H2,1-2H3,(H,16,17,18). The summed E-state index contributed by atoms with van der Waals surface area (Å²) in [5, 5.41) is 10.4. The van der Waals surface area contributed by atoms with Gasteiger partial charge in [-0.25, -0.2) is 0 Å². The van der Waals surface area contributed by atoms with Gasteiger partial charge in [0.25, 0.3) is 0 Å². The van der Waals surface area contributed by atoms with E-state index in [2.05, 4.69) is 38.7 Å². The maximum atomic E-state index is 5.69. The Hall–Kier alpha value is -2.08. The first-order valence-corrected chi connectivity index (χ1v) is 6.77. The Morgan fingerprint density at radius 2 is 2.25 bits per heavy atom. The number of benzene rings is 1. The molecule has 2 N–H and O–H groups in total. The molecular formula is C14H19N5O. The number of hydrogen-bond acceptors (Lipinski definition) is 5. The summed E-state index contributed by atoms with van der Waals surface area (Å²) >= 11 is 0. The smallest absolute Gasteiger partial charge is 0.244 e. The zero-order chi connectivity index (χ0) is 13.9. The van der Waals surface area contributed by atoms with Crippen LogP contribution in [0.4, 0.5) is 5.95 Å². The van der Waals surface area contributed by atoms with Gasteiger partial charge in [-0.1, -0.05) is 18.2 Å². The number of ether oxygens (including phenoxy) is 1. The molecule has 2 aromatic rings. The van der Waals surface area contributed by atoms with E-state index in [1.54, 1.807) is 0 Å². The van der Waals surface area contributed by atoms with Gasteiger partial charge in [-0.2, -0.15) is 4.98 Å². The van der Waals surface area contributed by atoms with Crippen LogP contribution in [0.1, 0.15) is 17.0 Å². The van der Waals surface area contributed by atoms with Crippen molar-refractivity contribution in [3.8, 4) is 5.75 Å². The largest absolute Gasteiger partial charge is 0.493 e. The van der Waals surface area contributed by atoms with E-state index in [0.29, 0.717) is 12.5 Å². The van der Waals surface area contributed by atoms with Gasteiger partial charge in [-0.05, 0) is 5.56 Å². The predicted octanol–water partition coefficient (Wildman–Crippen LogP) is 1.10. The minimum Gasteiger partial charge on any atom is -0.493 e. The van der Waals surface area contributed by atoms with Gasteiger partial charge in [0.1, 0.15) is 11.6 Å². The van der Waals surface area contributed by atoms with E-state index in [1.807, 2.05) is 19.0 Å². The van der Waals surface area contributed by atoms with Crippen LogP contribution in [0.25, 0.3) is 0 Å². The Balaban J connectivity index is 1.59. The molecule has 6 heteroatoms. The molecule has 0 spiro atoms. The molecule has 1 aliphatic heterocycles. The van der Waals surface area contributed by atoms with Crippen LogP contribution in [0.2, 0.25) is 0 Å². The van der Waals surface area contributed by atoms with Gasteiger partial charge in [0, 0.05) is 32.6 Å². The van der Waals surface area contributed by atoms with Crippen molar-refractivity contribution in [1.82, 2.24) is 20.5 Å². The summed E-state index contributed by atoms with van der Waals surface area (Å²) in [5.41, 5.74) is 2.51. The highest BCUT2D eigenvalue weighted by Gasteiger charge is 2.15. The lowest BCUT2D eigenvalue weighted by Crippen LogP contribution is -2.15. The molecule has 0 unspecified atom stereocenters. The number of H-pyrrole nitrogens is 1. The Labute approximate surface area is 118 Å². The fourth-order valence-corrected chi connectivity index (χ4v) is 2.30. The van der Waals surface area contributed by atoms with Gasteiger partial charge in [-0.15, -0.1) is 5.10 Å². The van der Waals surface area contributed by atoms with Gasteiger partial charge >= 0.3 is 0 Å². The molecule has 1 aromatic carbocycles. The predicted molar refractivity (Wildman–Crippen MR) is 76.9 cm³/mol. The van der Waals surface area contributed by atoms with Crippen molar-refractivity contribution in [2.24, 2.45) is 0 Å². The summed E-state index contributed by atoms with van der Waals surface area (Å²) < 4.78 is 5.69. The van der Waals surface area contributed by atoms with Crippen molar-refractivity contribution < 1.29 is 4.74 Å². The topological polar surface area (TPSA) is 66.1 Å². The molecule has 1 aliphatic rings. The van der Waals surface area contributed by atoms with E-state index >= 15 is 0 Å². The summed E-state index contributed by atoms with van der Waals surface area (Å²) in [6.45, 7) is 2.21. The number of rotatable bonds is 5. The molecule has 6 nitrogen and oxygen atoms in total. The number of para-hydroxylation sites is 1. The highest BCUT2D eigenvalue weighted by atomic mass is 16.5. The molecule has 0 radical (unpaired) electrons. The lowest BCUT2D eigenvalue weighted by atomic mass is 10.1. The number of fused-ring (bicyclic) bond motifs is 1. The highest BCUT2D eigenvalue weighted by Crippen LogP contribution is 2.29. The number of aromatic nitrogens is 3. The van der Waals surface area contributed by atoms with Crippen LogP contribution in [0.3, 0.4) is 0 Å². The third-order valence-corrected chi connectivity index (χ3v) is 3.32. The summed E-state index contributed by atoms with van der Waals surface area (Å²) in [7, 11) is 3.84. The van der Waals surface area contributed by atoms with Gasteiger partial charge in [0.05, 0.1) is 13.2 Å². The molecule has 0 saturated heterocycles. The summed E-state index contributed by atoms with van der Waals surface area (Å²) in [6.07, 6.45) is 1.01. The number of aromatic amines is 1. The summed E-state index contributed by atoms with van der Waals surface area (Å²) in [4.78, 5) is 6.25. The van der Waals surface area contributed by atoms with Gasteiger partial charge in [0.2, 0.25) is 5.95 Å². The Morgan fingerprint density at radius 1 is 1.35 bits per heavy atom. The SMILES string of the molecule is CN(C)c1n[nH]c(CNCc2cccc3c2OCC3)n1. The molecule has 2 heterocycles. The quantitative estimate of drug-likeness (QED) is 0.854. The fourth-order valence-electron chi connectivity index (χ4n) is 2.30. The van der Waals surface area contributed by atoms with Crippen LogP contribution in [-0.4, -0.2) is 35.9 Å². The van der Waals surface area contributed by atoms with Crippen molar-refractivity contribution in [2.45, 2.75) is 19.5 Å². The molecular weight excluding hydrogens is 254 g/mol. The molecule has 0 saturated carbocycles. The van der Waals surface area contributed by atoms with Crippen LogP contribution in [0.5, 0.6) is 5.75 Å². The van der Waals surface area contributed by atoms with Crippen LogP contribution in [0, 0.1) is 0 Å². The van der Waals surface area contributed by atoms with Crippen LogP contribution in [-0.2, 0) is 19.5 Å². The van der Waals surface area contributed by atoms with E-state index < -0.39 is 0 Å². The van der Waals surface area contributed by atoms with Crippen LogP contribution < -0.4 is 15.0 Å². The van der Waals surface area contributed by atoms with Gasteiger partial charge < -0.3 is 15.0 Å². The molecule has 3 rings (SSSR count). The molecule has 0 atom stereocenters. The van der Waals surface area contributed by atoms with Crippen molar-refractivity contribution in [2.75, 3.05) is 25.6 Å². The van der Waals surface area contributed by atoms with Crippen molar-refractivity contribution in [3.05, 3.63) is 35.2 Å². The van der Waals surface area contributed by atoms with Crippen LogP contribution >= 0.6 is 0 Å². The lowest BCUT2D eigenvalue weighted by Gasteiger charge is -2.08. The normalized spacial score (nSPS) is 13.1. The molecule has 106 valence electrons. The summed E-state index contributed by atoms with van der Waals surface area (Å²) in [5.74, 6) is 2.58. The minimum atomic E-state index is 0.657. The second-order valence-corrected chi connectivity index (χ2v) is 5.08. The Kier molecular flexibility index (Phi) is 3.56. The maximum Gasteiger partial charge on any atom is 0.244 e. The number of anilines is 1. The van der Waals surface area contributed by atoms with E-state index in [0.717, 1.165) is 31.1 Å². The van der Waals surface area contributed by atoms with E-state index in [1.165, 1.54) is 11.1 Å². The lowest BCUT2D eigenvalue weighted by molar-refractivity contribution is 0.352. The average Bonchev–Trinajstić information content (AvgIpc) is 3.07. The van der Waals surface area contributed by atoms with E-state index in [9.17, 15) is 0 Å². The first-order chi connectivity index (χ1) is 9.74. The number of nitrogens with zero attached hydrogens (tertiary/aromatic N) is 3. The fraction of sp³-hybridized carbons (Fsp3) is 0.429. The van der Waals surface area contributed by atoms with E-state index in [4.69, 9.17) is 4.74 Å². The molecule has 0 amide bonds. The third-order valence-electron chi connectivity index (χ3n) is 3.32. The van der Waals surface area contributed by atoms with Crippen molar-refractivity contribution in [3.63, 3.8) is 0 Å². The highest BCUT2D eigenvalue weighted by molar-refractivity contribution is 5.43. The van der Waals surface area contributed by atoms with Crippen molar-refractivity contribution >= 4 is 5.95 Å². The van der Waals surface area contributed by atoms with Crippen molar-refractivity contribution in [1.29, 1.82) is 0 Å². The van der Waals surface area contributed by atoms with Crippen LogP contribution in [0.15, 0.2) is 18.2 Å². The minimum absolute atomic E-state index is 0.657. The Bertz CT molecular complexity index is 593. The molecule has 20 heavy (non-hydrogen) atoms. The first kappa shape index (κ1) is 12.9. The molecule has 0 aliphatic carbocycles. The van der Waals surface area contributed by atoms with E-state index in [-0.39, 0.29) is 0 Å². The average molecular weight is 273 g/mol. The molecule has 1 aromatic heterocycles. The second-order valence-electron chi connectivity index (χ2n) is 5.08. The van der Waals surface area contributed by atoms with Gasteiger partial charge in [0.15, 0.2) is 0 Å². The summed E-state index contributed by atoms with van der Waals surface area (Å²) in [6, 6.07) is 6.32. The number of hydrogen-bond donors (Lipinski definition) is 2. The first-order valence-electron chi connectivity index (χ1n) is 6.77. The molecule has 0 fully saturated rings. The number of nitrogens with one attached hydrogen (secondary N) is 2. The monoisotopic (exact) mass is 273 g/mol.